The van der Waals surface area contributed by atoms with Gasteiger partial charge in [-0.25, -0.2) is 0 Å². The van der Waals surface area contributed by atoms with Crippen molar-refractivity contribution in [1.82, 2.24) is 0 Å². The molecule has 1 aromatic carbocycles. The fourth-order valence-electron chi connectivity index (χ4n) is 1.74. The molecule has 0 unspecified atom stereocenters. The third-order valence-corrected chi connectivity index (χ3v) is 2.22. The molecule has 1 heterocycles. The second-order valence-electron chi connectivity index (χ2n) is 3.70. The Labute approximate surface area is 67.9 Å². The molecule has 11 heavy (non-hydrogen) atoms. The van der Waals surface area contributed by atoms with Crippen molar-refractivity contribution in [2.75, 3.05) is 7.05 Å². The Hall–Kier alpha value is -0.820. The molecule has 58 valence electrons. The topological polar surface area (TPSA) is 0 Å². The Kier molecular flexibility index (Phi) is 1.30. The predicted molar refractivity (Wildman–Crippen MR) is 45.4 cm³/mol. The summed E-state index contributed by atoms with van der Waals surface area (Å²) in [6.07, 6.45) is 0. The van der Waals surface area contributed by atoms with Crippen LogP contribution in [0.5, 0.6) is 0 Å². The van der Waals surface area contributed by atoms with Gasteiger partial charge < -0.3 is 4.48 Å². The summed E-state index contributed by atoms with van der Waals surface area (Å²) in [6.45, 7) is 2.16. The fraction of sp³-hybridized carbons (Fsp3) is 0.300. The Bertz CT molecular complexity index is 249. The quantitative estimate of drug-likeness (QED) is 0.388. The molecule has 0 fully saturated rings. The molecule has 0 aliphatic carbocycles. The lowest BCUT2D eigenvalue weighted by molar-refractivity contribution is -0.885. The monoisotopic (exact) mass is 147 g/mol. The first-order valence-corrected chi connectivity index (χ1v) is 3.93. The first-order valence-electron chi connectivity index (χ1n) is 3.93. The van der Waals surface area contributed by atoms with Gasteiger partial charge in [0.15, 0.2) is 0 Å². The van der Waals surface area contributed by atoms with E-state index in [4.69, 9.17) is 0 Å². The van der Waals surface area contributed by atoms with E-state index in [0.29, 0.717) is 0 Å². The SMILES string of the molecule is [CH2-][N+]1(C)Cc2ccccc2C1. The van der Waals surface area contributed by atoms with Gasteiger partial charge in [0, 0.05) is 18.2 Å². The fourth-order valence-corrected chi connectivity index (χ4v) is 1.74. The Morgan fingerprint density at radius 1 is 1.18 bits per heavy atom. The van der Waals surface area contributed by atoms with E-state index in [2.05, 4.69) is 38.4 Å². The van der Waals surface area contributed by atoms with Crippen LogP contribution in [0, 0.1) is 7.05 Å². The predicted octanol–water partition coefficient (Wildman–Crippen LogP) is 1.94. The summed E-state index contributed by atoms with van der Waals surface area (Å²) in [5, 5.41) is 0. The van der Waals surface area contributed by atoms with Crippen molar-refractivity contribution in [1.29, 1.82) is 0 Å². The number of quaternary nitrogens is 1. The Morgan fingerprint density at radius 2 is 1.64 bits per heavy atom. The van der Waals surface area contributed by atoms with E-state index >= 15 is 0 Å². The van der Waals surface area contributed by atoms with Crippen molar-refractivity contribution in [2.24, 2.45) is 0 Å². The summed E-state index contributed by atoms with van der Waals surface area (Å²) in [6, 6.07) is 8.60. The van der Waals surface area contributed by atoms with E-state index in [1.807, 2.05) is 0 Å². The molecule has 1 aromatic rings. The van der Waals surface area contributed by atoms with Crippen molar-refractivity contribution in [3.63, 3.8) is 0 Å². The van der Waals surface area contributed by atoms with Gasteiger partial charge in [0.05, 0.1) is 13.1 Å². The molecule has 0 amide bonds. The summed E-state index contributed by atoms with van der Waals surface area (Å²) < 4.78 is 0.860. The number of rotatable bonds is 0. The van der Waals surface area contributed by atoms with Gasteiger partial charge in [-0.15, -0.1) is 7.05 Å². The first-order chi connectivity index (χ1) is 5.17. The van der Waals surface area contributed by atoms with Crippen LogP contribution in [0.2, 0.25) is 0 Å². The molecular weight excluding hydrogens is 134 g/mol. The molecule has 0 radical (unpaired) electrons. The number of hydrogen-bond donors (Lipinski definition) is 0. The van der Waals surface area contributed by atoms with Crippen LogP contribution in [0.1, 0.15) is 11.1 Å². The molecule has 0 saturated heterocycles. The smallest absolute Gasteiger partial charge is 0.0808 e. The largest absolute Gasteiger partial charge is 0.452 e. The van der Waals surface area contributed by atoms with Crippen molar-refractivity contribution >= 4 is 0 Å². The molecule has 1 heteroatoms. The maximum atomic E-state index is 4.12. The number of fused-ring (bicyclic) bond motifs is 1. The summed E-state index contributed by atoms with van der Waals surface area (Å²) in [7, 11) is 6.29. The summed E-state index contributed by atoms with van der Waals surface area (Å²) in [5.41, 5.74) is 2.93. The molecule has 0 aromatic heterocycles. The molecule has 0 bridgehead atoms. The van der Waals surface area contributed by atoms with Gasteiger partial charge in [-0.1, -0.05) is 24.3 Å². The van der Waals surface area contributed by atoms with Crippen molar-refractivity contribution in [3.05, 3.63) is 42.4 Å². The minimum absolute atomic E-state index is 0.860. The van der Waals surface area contributed by atoms with Gasteiger partial charge in [-0.2, -0.15) is 0 Å². The Morgan fingerprint density at radius 3 is 2.09 bits per heavy atom. The third-order valence-electron chi connectivity index (χ3n) is 2.22. The second kappa shape index (κ2) is 2.08. The molecule has 0 N–H and O–H groups in total. The van der Waals surface area contributed by atoms with Crippen LogP contribution in [0.15, 0.2) is 24.3 Å². The zero-order valence-electron chi connectivity index (χ0n) is 6.88. The summed E-state index contributed by atoms with van der Waals surface area (Å²) >= 11 is 0. The van der Waals surface area contributed by atoms with E-state index in [0.717, 1.165) is 17.6 Å². The highest BCUT2D eigenvalue weighted by atomic mass is 15.3. The van der Waals surface area contributed by atoms with Gasteiger partial charge in [-0.3, -0.25) is 0 Å². The third kappa shape index (κ3) is 1.16. The van der Waals surface area contributed by atoms with Crippen molar-refractivity contribution in [2.45, 2.75) is 13.1 Å². The molecule has 1 aliphatic heterocycles. The highest BCUT2D eigenvalue weighted by molar-refractivity contribution is 5.27. The average molecular weight is 147 g/mol. The zero-order valence-corrected chi connectivity index (χ0v) is 6.88. The lowest BCUT2D eigenvalue weighted by Crippen LogP contribution is -2.29. The van der Waals surface area contributed by atoms with Gasteiger partial charge in [0.1, 0.15) is 0 Å². The minimum Gasteiger partial charge on any atom is -0.452 e. The normalized spacial score (nSPS) is 19.8. The molecule has 0 atom stereocenters. The van der Waals surface area contributed by atoms with Crippen LogP contribution in [0.4, 0.5) is 0 Å². The lowest BCUT2D eigenvalue weighted by atomic mass is 10.1. The maximum Gasteiger partial charge on any atom is 0.0808 e. The van der Waals surface area contributed by atoms with Gasteiger partial charge in [0.25, 0.3) is 0 Å². The van der Waals surface area contributed by atoms with Crippen LogP contribution in [0.3, 0.4) is 0 Å². The average Bonchev–Trinajstić information content (AvgIpc) is 2.21. The van der Waals surface area contributed by atoms with E-state index < -0.39 is 0 Å². The first kappa shape index (κ1) is 6.86. The van der Waals surface area contributed by atoms with Gasteiger partial charge >= 0.3 is 0 Å². The molecule has 2 rings (SSSR count). The van der Waals surface area contributed by atoms with Gasteiger partial charge in [0.2, 0.25) is 0 Å². The van der Waals surface area contributed by atoms with E-state index in [1.165, 1.54) is 11.1 Å². The standard InChI is InChI=1S/C10H13N/c1-11(2)7-9-5-3-4-6-10(9)8-11/h3-6H,1,7-8H2,2H3. The number of hydrogen-bond acceptors (Lipinski definition) is 0. The number of nitrogens with zero attached hydrogens (tertiary/aromatic N) is 1. The molecular formula is C10H13N. The molecule has 1 nitrogen and oxygen atoms in total. The van der Waals surface area contributed by atoms with Crippen LogP contribution in [0.25, 0.3) is 0 Å². The number of benzene rings is 1. The highest BCUT2D eigenvalue weighted by Gasteiger charge is 2.21. The van der Waals surface area contributed by atoms with Crippen LogP contribution in [-0.4, -0.2) is 11.5 Å². The van der Waals surface area contributed by atoms with E-state index in [1.54, 1.807) is 0 Å². The van der Waals surface area contributed by atoms with E-state index in [9.17, 15) is 0 Å². The van der Waals surface area contributed by atoms with Crippen LogP contribution < -0.4 is 0 Å². The Balaban J connectivity index is 2.41. The van der Waals surface area contributed by atoms with E-state index in [-0.39, 0.29) is 0 Å². The van der Waals surface area contributed by atoms with Crippen molar-refractivity contribution in [3.8, 4) is 0 Å². The second-order valence-corrected chi connectivity index (χ2v) is 3.70. The molecule has 0 saturated carbocycles. The van der Waals surface area contributed by atoms with Crippen molar-refractivity contribution < 1.29 is 4.48 Å². The minimum atomic E-state index is 0.860. The maximum absolute atomic E-state index is 4.12. The molecule has 1 aliphatic rings. The summed E-state index contributed by atoms with van der Waals surface area (Å²) in [4.78, 5) is 0. The highest BCUT2D eigenvalue weighted by Crippen LogP contribution is 2.26. The lowest BCUT2D eigenvalue weighted by Gasteiger charge is -2.31. The van der Waals surface area contributed by atoms with Crippen LogP contribution in [-0.2, 0) is 13.1 Å². The summed E-state index contributed by atoms with van der Waals surface area (Å²) in [5.74, 6) is 0. The van der Waals surface area contributed by atoms with Gasteiger partial charge in [-0.05, 0) is 0 Å². The zero-order chi connectivity index (χ0) is 7.90. The molecule has 0 spiro atoms. The van der Waals surface area contributed by atoms with Crippen LogP contribution >= 0.6 is 0 Å².